The Labute approximate surface area is 104 Å². The van der Waals surface area contributed by atoms with Crippen molar-refractivity contribution >= 4 is 29.2 Å². The van der Waals surface area contributed by atoms with Crippen molar-refractivity contribution in [2.45, 2.75) is 12.5 Å². The van der Waals surface area contributed by atoms with Crippen LogP contribution in [0, 0.1) is 0 Å². The molecule has 1 fully saturated rings. The SMILES string of the molecule is CN(c1ncc(N)cc1C(=O)O)C1CCSC1. The summed E-state index contributed by atoms with van der Waals surface area (Å²) in [5.74, 6) is 1.64. The molecule has 2 rings (SSSR count). The van der Waals surface area contributed by atoms with Crippen molar-refractivity contribution in [2.24, 2.45) is 0 Å². The van der Waals surface area contributed by atoms with E-state index in [1.54, 1.807) is 0 Å². The Kier molecular flexibility index (Phi) is 3.42. The standard InChI is InChI=1S/C11H15N3O2S/c1-14(8-2-3-17-6-8)10-9(11(15)16)4-7(12)5-13-10/h4-5,8H,2-3,6,12H2,1H3,(H,15,16). The summed E-state index contributed by atoms with van der Waals surface area (Å²) in [7, 11) is 1.89. The second-order valence-electron chi connectivity index (χ2n) is 4.07. The molecule has 1 saturated heterocycles. The molecule has 0 radical (unpaired) electrons. The molecule has 1 aliphatic rings. The van der Waals surface area contributed by atoms with Gasteiger partial charge < -0.3 is 15.7 Å². The van der Waals surface area contributed by atoms with Gasteiger partial charge in [-0.1, -0.05) is 0 Å². The van der Waals surface area contributed by atoms with Gasteiger partial charge in [-0.05, 0) is 18.2 Å². The molecule has 17 heavy (non-hydrogen) atoms. The van der Waals surface area contributed by atoms with E-state index in [4.69, 9.17) is 10.8 Å². The van der Waals surface area contributed by atoms with Gasteiger partial charge in [0.1, 0.15) is 11.4 Å². The first-order chi connectivity index (χ1) is 8.09. The Morgan fingerprint density at radius 1 is 1.71 bits per heavy atom. The molecule has 5 nitrogen and oxygen atoms in total. The Bertz CT molecular complexity index is 433. The third-order valence-electron chi connectivity index (χ3n) is 2.91. The zero-order valence-corrected chi connectivity index (χ0v) is 10.4. The van der Waals surface area contributed by atoms with Crippen molar-refractivity contribution in [3.05, 3.63) is 17.8 Å². The summed E-state index contributed by atoms with van der Waals surface area (Å²) in [4.78, 5) is 17.3. The number of nitrogens with two attached hydrogens (primary N) is 1. The fourth-order valence-electron chi connectivity index (χ4n) is 1.91. The molecule has 2 heterocycles. The third-order valence-corrected chi connectivity index (χ3v) is 4.05. The van der Waals surface area contributed by atoms with Crippen molar-refractivity contribution in [2.75, 3.05) is 29.2 Å². The van der Waals surface area contributed by atoms with Crippen LogP contribution in [0.2, 0.25) is 0 Å². The van der Waals surface area contributed by atoms with Gasteiger partial charge in [0.25, 0.3) is 0 Å². The first-order valence-electron chi connectivity index (χ1n) is 5.39. The topological polar surface area (TPSA) is 79.5 Å². The van der Waals surface area contributed by atoms with E-state index in [1.165, 1.54) is 12.3 Å². The summed E-state index contributed by atoms with van der Waals surface area (Å²) < 4.78 is 0. The van der Waals surface area contributed by atoms with E-state index < -0.39 is 5.97 Å². The molecule has 0 aliphatic carbocycles. The maximum absolute atomic E-state index is 11.2. The van der Waals surface area contributed by atoms with Crippen molar-refractivity contribution in [3.63, 3.8) is 0 Å². The molecule has 0 saturated carbocycles. The minimum absolute atomic E-state index is 0.171. The zero-order valence-electron chi connectivity index (χ0n) is 9.59. The maximum Gasteiger partial charge on any atom is 0.339 e. The molecule has 6 heteroatoms. The van der Waals surface area contributed by atoms with Gasteiger partial charge in [0, 0.05) is 18.8 Å². The molecule has 1 atom stereocenters. The van der Waals surface area contributed by atoms with Gasteiger partial charge in [0.05, 0.1) is 11.9 Å². The third kappa shape index (κ3) is 2.46. The molecule has 1 unspecified atom stereocenters. The number of aromatic carboxylic acids is 1. The van der Waals surface area contributed by atoms with Crippen LogP contribution in [0.4, 0.5) is 11.5 Å². The van der Waals surface area contributed by atoms with Gasteiger partial charge >= 0.3 is 5.97 Å². The average molecular weight is 253 g/mol. The second kappa shape index (κ2) is 4.83. The lowest BCUT2D eigenvalue weighted by Gasteiger charge is -2.26. The molecule has 0 bridgehead atoms. The van der Waals surface area contributed by atoms with E-state index in [0.717, 1.165) is 17.9 Å². The van der Waals surface area contributed by atoms with E-state index in [2.05, 4.69) is 4.98 Å². The van der Waals surface area contributed by atoms with E-state index in [-0.39, 0.29) is 5.56 Å². The van der Waals surface area contributed by atoms with Crippen LogP contribution in [0.3, 0.4) is 0 Å². The Morgan fingerprint density at radius 3 is 3.06 bits per heavy atom. The minimum Gasteiger partial charge on any atom is -0.478 e. The van der Waals surface area contributed by atoms with Gasteiger partial charge in [-0.3, -0.25) is 0 Å². The highest BCUT2D eigenvalue weighted by molar-refractivity contribution is 7.99. The molecule has 0 amide bonds. The molecule has 0 aromatic carbocycles. The number of pyridine rings is 1. The van der Waals surface area contributed by atoms with Crippen LogP contribution in [0.1, 0.15) is 16.8 Å². The highest BCUT2D eigenvalue weighted by atomic mass is 32.2. The molecule has 1 aromatic heterocycles. The minimum atomic E-state index is -0.989. The number of carboxylic acids is 1. The van der Waals surface area contributed by atoms with Crippen LogP contribution in [0.25, 0.3) is 0 Å². The zero-order chi connectivity index (χ0) is 12.4. The van der Waals surface area contributed by atoms with Gasteiger partial charge in [0.15, 0.2) is 0 Å². The number of nitrogen functional groups attached to an aromatic ring is 1. The number of nitrogens with zero attached hydrogens (tertiary/aromatic N) is 2. The predicted molar refractivity (Wildman–Crippen MR) is 69.7 cm³/mol. The summed E-state index contributed by atoms with van der Waals surface area (Å²) in [5, 5.41) is 9.15. The fourth-order valence-corrected chi connectivity index (χ4v) is 3.18. The number of rotatable bonds is 3. The van der Waals surface area contributed by atoms with Crippen LogP contribution in [-0.2, 0) is 0 Å². The smallest absolute Gasteiger partial charge is 0.339 e. The molecular formula is C11H15N3O2S. The van der Waals surface area contributed by atoms with E-state index >= 15 is 0 Å². The highest BCUT2D eigenvalue weighted by Gasteiger charge is 2.24. The van der Waals surface area contributed by atoms with Gasteiger partial charge in [0.2, 0.25) is 0 Å². The summed E-state index contributed by atoms with van der Waals surface area (Å²) in [5.41, 5.74) is 6.12. The lowest BCUT2D eigenvalue weighted by Crippen LogP contribution is -2.33. The lowest BCUT2D eigenvalue weighted by molar-refractivity contribution is 0.0697. The summed E-state index contributed by atoms with van der Waals surface area (Å²) >= 11 is 1.88. The first-order valence-corrected chi connectivity index (χ1v) is 6.54. The number of hydrogen-bond donors (Lipinski definition) is 2. The fraction of sp³-hybridized carbons (Fsp3) is 0.455. The highest BCUT2D eigenvalue weighted by Crippen LogP contribution is 2.27. The van der Waals surface area contributed by atoms with Crippen molar-refractivity contribution in [1.29, 1.82) is 0 Å². The van der Waals surface area contributed by atoms with Crippen LogP contribution in [0.15, 0.2) is 12.3 Å². The van der Waals surface area contributed by atoms with Crippen molar-refractivity contribution in [3.8, 4) is 0 Å². The number of carboxylic acid groups (broad SMARTS) is 1. The van der Waals surface area contributed by atoms with E-state index in [0.29, 0.717) is 17.5 Å². The Morgan fingerprint density at radius 2 is 2.47 bits per heavy atom. The monoisotopic (exact) mass is 253 g/mol. The largest absolute Gasteiger partial charge is 0.478 e. The molecular weight excluding hydrogens is 238 g/mol. The second-order valence-corrected chi connectivity index (χ2v) is 5.22. The number of anilines is 2. The first kappa shape index (κ1) is 12.0. The molecule has 0 spiro atoms. The Hall–Kier alpha value is -1.43. The molecule has 3 N–H and O–H groups in total. The van der Waals surface area contributed by atoms with Crippen molar-refractivity contribution < 1.29 is 9.90 Å². The lowest BCUT2D eigenvalue weighted by atomic mass is 10.2. The average Bonchev–Trinajstić information content (AvgIpc) is 2.81. The molecule has 1 aromatic rings. The molecule has 1 aliphatic heterocycles. The van der Waals surface area contributed by atoms with Crippen molar-refractivity contribution in [1.82, 2.24) is 4.98 Å². The number of hydrogen-bond acceptors (Lipinski definition) is 5. The summed E-state index contributed by atoms with van der Waals surface area (Å²) in [6.45, 7) is 0. The summed E-state index contributed by atoms with van der Waals surface area (Å²) in [6.07, 6.45) is 2.56. The van der Waals surface area contributed by atoms with Gasteiger partial charge in [-0.2, -0.15) is 11.8 Å². The predicted octanol–water partition coefficient (Wildman–Crippen LogP) is 1.30. The van der Waals surface area contributed by atoms with E-state index in [1.807, 2.05) is 23.7 Å². The van der Waals surface area contributed by atoms with Crippen LogP contribution < -0.4 is 10.6 Å². The molecule has 92 valence electrons. The number of carbonyl (C=O) groups is 1. The van der Waals surface area contributed by atoms with Crippen LogP contribution >= 0.6 is 11.8 Å². The van der Waals surface area contributed by atoms with Gasteiger partial charge in [-0.25, -0.2) is 9.78 Å². The van der Waals surface area contributed by atoms with E-state index in [9.17, 15) is 4.79 Å². The quantitative estimate of drug-likeness (QED) is 0.845. The normalized spacial score (nSPS) is 19.2. The Balaban J connectivity index is 2.33. The van der Waals surface area contributed by atoms with Gasteiger partial charge in [-0.15, -0.1) is 0 Å². The number of aromatic nitrogens is 1. The van der Waals surface area contributed by atoms with Crippen LogP contribution in [0.5, 0.6) is 0 Å². The maximum atomic E-state index is 11.2. The van der Waals surface area contributed by atoms with Crippen LogP contribution in [-0.4, -0.2) is 40.7 Å². The summed E-state index contributed by atoms with van der Waals surface area (Å²) in [6, 6.07) is 1.82. The number of thioether (sulfide) groups is 1.